The van der Waals surface area contributed by atoms with Gasteiger partial charge in [-0.25, -0.2) is 0 Å². The molecule has 1 aromatic rings. The monoisotopic (exact) mass is 334 g/mol. The third-order valence-electron chi connectivity index (χ3n) is 4.68. The third kappa shape index (κ3) is 5.71. The van der Waals surface area contributed by atoms with E-state index in [0.717, 1.165) is 13.1 Å². The number of carbonyl (C=O) groups is 1. The van der Waals surface area contributed by atoms with Crippen molar-refractivity contribution in [2.24, 2.45) is 11.8 Å². The fourth-order valence-corrected chi connectivity index (χ4v) is 3.18. The van der Waals surface area contributed by atoms with Gasteiger partial charge < -0.3 is 20.1 Å². The predicted octanol–water partition coefficient (Wildman–Crippen LogP) is 2.60. The van der Waals surface area contributed by atoms with E-state index in [-0.39, 0.29) is 12.0 Å². The average molecular weight is 334 g/mol. The Morgan fingerprint density at radius 1 is 1.25 bits per heavy atom. The molecule has 1 saturated heterocycles. The van der Waals surface area contributed by atoms with Crippen LogP contribution in [-0.4, -0.2) is 38.8 Å². The first-order valence-corrected chi connectivity index (χ1v) is 8.87. The fraction of sp³-hybridized carbons (Fsp3) is 0.632. The molecule has 0 aliphatic carbocycles. The van der Waals surface area contributed by atoms with E-state index in [2.05, 4.69) is 17.6 Å². The number of rotatable bonds is 8. The summed E-state index contributed by atoms with van der Waals surface area (Å²) in [5.74, 6) is 2.59. The van der Waals surface area contributed by atoms with Crippen LogP contribution < -0.4 is 20.1 Å². The van der Waals surface area contributed by atoms with Gasteiger partial charge >= 0.3 is 0 Å². The highest BCUT2D eigenvalue weighted by Crippen LogP contribution is 2.27. The van der Waals surface area contributed by atoms with Crippen molar-refractivity contribution in [1.29, 1.82) is 0 Å². The van der Waals surface area contributed by atoms with Crippen LogP contribution in [0.3, 0.4) is 0 Å². The van der Waals surface area contributed by atoms with Crippen molar-refractivity contribution in [2.45, 2.75) is 39.2 Å². The van der Waals surface area contributed by atoms with E-state index in [1.54, 1.807) is 7.11 Å². The quantitative estimate of drug-likeness (QED) is 0.767. The first kappa shape index (κ1) is 18.6. The Morgan fingerprint density at radius 2 is 1.92 bits per heavy atom. The van der Waals surface area contributed by atoms with Gasteiger partial charge in [-0.2, -0.15) is 0 Å². The van der Waals surface area contributed by atoms with Crippen molar-refractivity contribution in [3.8, 4) is 11.5 Å². The number of methoxy groups -OCH3 is 1. The number of ether oxygens (including phenoxy) is 2. The lowest BCUT2D eigenvalue weighted by Gasteiger charge is -2.28. The molecule has 5 heteroatoms. The van der Waals surface area contributed by atoms with E-state index in [1.807, 2.05) is 31.2 Å². The van der Waals surface area contributed by atoms with Crippen molar-refractivity contribution >= 4 is 5.91 Å². The Balaban J connectivity index is 1.72. The second kappa shape index (κ2) is 9.52. The van der Waals surface area contributed by atoms with Gasteiger partial charge in [0.05, 0.1) is 13.7 Å². The van der Waals surface area contributed by atoms with Gasteiger partial charge in [0.25, 0.3) is 0 Å². The minimum atomic E-state index is -0.112. The van der Waals surface area contributed by atoms with E-state index in [0.29, 0.717) is 36.3 Å². The molecule has 2 atom stereocenters. The third-order valence-corrected chi connectivity index (χ3v) is 4.68. The summed E-state index contributed by atoms with van der Waals surface area (Å²) in [5.41, 5.74) is 0. The van der Waals surface area contributed by atoms with Crippen molar-refractivity contribution in [1.82, 2.24) is 10.6 Å². The molecule has 0 saturated carbocycles. The molecule has 0 bridgehead atoms. The molecule has 2 N–H and O–H groups in total. The molecule has 0 radical (unpaired) electrons. The first-order chi connectivity index (χ1) is 11.6. The Bertz CT molecular complexity index is 515. The Hall–Kier alpha value is -1.75. The van der Waals surface area contributed by atoms with Crippen LogP contribution in [0.15, 0.2) is 24.3 Å². The summed E-state index contributed by atoms with van der Waals surface area (Å²) >= 11 is 0. The molecular formula is C19H30N2O3. The van der Waals surface area contributed by atoms with Crippen molar-refractivity contribution < 1.29 is 14.3 Å². The van der Waals surface area contributed by atoms with Gasteiger partial charge in [0.15, 0.2) is 11.5 Å². The lowest BCUT2D eigenvalue weighted by molar-refractivity contribution is -0.122. The summed E-state index contributed by atoms with van der Waals surface area (Å²) in [5, 5.41) is 6.36. The fourth-order valence-electron chi connectivity index (χ4n) is 3.18. The Morgan fingerprint density at radius 3 is 2.58 bits per heavy atom. The minimum Gasteiger partial charge on any atom is -0.493 e. The van der Waals surface area contributed by atoms with Gasteiger partial charge in [-0.05, 0) is 56.8 Å². The molecule has 1 aliphatic rings. The number of hydrogen-bond acceptors (Lipinski definition) is 4. The normalized spacial score (nSPS) is 17.8. The highest BCUT2D eigenvalue weighted by molar-refractivity contribution is 5.76. The molecule has 1 aromatic carbocycles. The molecule has 134 valence electrons. The molecule has 1 fully saturated rings. The Labute approximate surface area is 145 Å². The average Bonchev–Trinajstić information content (AvgIpc) is 2.61. The topological polar surface area (TPSA) is 59.6 Å². The first-order valence-electron chi connectivity index (χ1n) is 8.87. The standard InChI is InChI=1S/C19H30N2O3/c1-14(16-8-10-20-11-9-16)12-19(22)21-13-15(2)24-18-7-5-4-6-17(18)23-3/h4-7,14-16,20H,8-13H2,1-3H3,(H,21,22). The van der Waals surface area contributed by atoms with Crippen LogP contribution in [0.25, 0.3) is 0 Å². The molecule has 2 unspecified atom stereocenters. The summed E-state index contributed by atoms with van der Waals surface area (Å²) in [6.07, 6.45) is 2.81. The SMILES string of the molecule is COc1ccccc1OC(C)CNC(=O)CC(C)C1CCNCC1. The van der Waals surface area contributed by atoms with Gasteiger partial charge in [0.2, 0.25) is 5.91 Å². The van der Waals surface area contributed by atoms with E-state index in [9.17, 15) is 4.79 Å². The number of benzene rings is 1. The smallest absolute Gasteiger partial charge is 0.220 e. The van der Waals surface area contributed by atoms with E-state index < -0.39 is 0 Å². The zero-order valence-electron chi connectivity index (χ0n) is 15.0. The van der Waals surface area contributed by atoms with Crippen molar-refractivity contribution in [2.75, 3.05) is 26.7 Å². The Kier molecular flexibility index (Phi) is 7.37. The number of carbonyl (C=O) groups excluding carboxylic acids is 1. The summed E-state index contributed by atoms with van der Waals surface area (Å²) < 4.78 is 11.1. The molecular weight excluding hydrogens is 304 g/mol. The van der Waals surface area contributed by atoms with Gasteiger partial charge in [-0.3, -0.25) is 4.79 Å². The number of para-hydroxylation sites is 2. The molecule has 1 aliphatic heterocycles. The number of hydrogen-bond donors (Lipinski definition) is 2. The number of nitrogens with one attached hydrogen (secondary N) is 2. The van der Waals surface area contributed by atoms with Crippen LogP contribution >= 0.6 is 0 Å². The van der Waals surface area contributed by atoms with E-state index >= 15 is 0 Å². The maximum absolute atomic E-state index is 12.2. The highest BCUT2D eigenvalue weighted by atomic mass is 16.5. The molecule has 0 spiro atoms. The molecule has 24 heavy (non-hydrogen) atoms. The number of piperidine rings is 1. The maximum Gasteiger partial charge on any atom is 0.220 e. The van der Waals surface area contributed by atoms with Crippen LogP contribution in [-0.2, 0) is 4.79 Å². The molecule has 2 rings (SSSR count). The van der Waals surface area contributed by atoms with Crippen molar-refractivity contribution in [3.05, 3.63) is 24.3 Å². The minimum absolute atomic E-state index is 0.108. The zero-order valence-corrected chi connectivity index (χ0v) is 15.0. The largest absolute Gasteiger partial charge is 0.493 e. The van der Waals surface area contributed by atoms with Crippen LogP contribution in [0, 0.1) is 11.8 Å². The number of amides is 1. The summed E-state index contributed by atoms with van der Waals surface area (Å²) in [6, 6.07) is 7.54. The van der Waals surface area contributed by atoms with Gasteiger partial charge in [-0.15, -0.1) is 0 Å². The lowest BCUT2D eigenvalue weighted by atomic mass is 9.84. The van der Waals surface area contributed by atoms with Crippen molar-refractivity contribution in [3.63, 3.8) is 0 Å². The molecule has 0 aromatic heterocycles. The van der Waals surface area contributed by atoms with E-state index in [4.69, 9.17) is 9.47 Å². The second-order valence-corrected chi connectivity index (χ2v) is 6.65. The maximum atomic E-state index is 12.2. The molecule has 1 amide bonds. The van der Waals surface area contributed by atoms with Gasteiger partial charge in [0, 0.05) is 6.42 Å². The molecule has 5 nitrogen and oxygen atoms in total. The predicted molar refractivity (Wildman–Crippen MR) is 95.5 cm³/mol. The zero-order chi connectivity index (χ0) is 17.4. The lowest BCUT2D eigenvalue weighted by Crippen LogP contribution is -2.36. The summed E-state index contributed by atoms with van der Waals surface area (Å²) in [6.45, 7) is 6.77. The van der Waals surface area contributed by atoms with Crippen LogP contribution in [0.5, 0.6) is 11.5 Å². The summed E-state index contributed by atoms with van der Waals surface area (Å²) in [7, 11) is 1.62. The summed E-state index contributed by atoms with van der Waals surface area (Å²) in [4.78, 5) is 12.2. The highest BCUT2D eigenvalue weighted by Gasteiger charge is 2.22. The van der Waals surface area contributed by atoms with Crippen LogP contribution in [0.1, 0.15) is 33.1 Å². The molecule has 1 heterocycles. The van der Waals surface area contributed by atoms with Gasteiger partial charge in [-0.1, -0.05) is 19.1 Å². The van der Waals surface area contributed by atoms with Crippen LogP contribution in [0.4, 0.5) is 0 Å². The van der Waals surface area contributed by atoms with Crippen LogP contribution in [0.2, 0.25) is 0 Å². The van der Waals surface area contributed by atoms with Gasteiger partial charge in [0.1, 0.15) is 6.10 Å². The second-order valence-electron chi connectivity index (χ2n) is 6.65. The van der Waals surface area contributed by atoms with E-state index in [1.165, 1.54) is 12.8 Å².